The molecule has 0 aliphatic carbocycles. The molecule has 0 spiro atoms. The summed E-state index contributed by atoms with van der Waals surface area (Å²) in [6.07, 6.45) is 1.42. The molecule has 0 heterocycles. The lowest BCUT2D eigenvalue weighted by Gasteiger charge is -2.06. The second kappa shape index (κ2) is 6.20. The van der Waals surface area contributed by atoms with Gasteiger partial charge in [-0.15, -0.1) is 0 Å². The fraction of sp³-hybridized carbons (Fsp3) is 0.417. The van der Waals surface area contributed by atoms with Crippen molar-refractivity contribution in [3.8, 4) is 5.75 Å². The third-order valence-electron chi connectivity index (χ3n) is 2.17. The van der Waals surface area contributed by atoms with E-state index in [1.165, 1.54) is 12.1 Å². The molecule has 0 saturated carbocycles. The van der Waals surface area contributed by atoms with E-state index in [4.69, 9.17) is 4.74 Å². The lowest BCUT2D eigenvalue weighted by molar-refractivity contribution is -0.118. The number of carbonyl (C=O) groups is 1. The molecule has 0 N–H and O–H groups in total. The van der Waals surface area contributed by atoms with E-state index in [0.29, 0.717) is 19.3 Å². The van der Waals surface area contributed by atoms with Gasteiger partial charge in [0.15, 0.2) is 11.6 Å². The number of halogens is 2. The van der Waals surface area contributed by atoms with E-state index >= 15 is 0 Å². The van der Waals surface area contributed by atoms with Crippen molar-refractivity contribution < 1.29 is 18.3 Å². The molecule has 0 atom stereocenters. The average molecular weight is 228 g/mol. The summed E-state index contributed by atoms with van der Waals surface area (Å²) < 4.78 is 30.9. The number of Topliss-reactive ketones (excluding diaryl/α,β-unsaturated/α-hetero) is 1. The maximum atomic E-state index is 13.1. The molecule has 0 radical (unpaired) electrons. The third-order valence-corrected chi connectivity index (χ3v) is 2.17. The van der Waals surface area contributed by atoms with Crippen LogP contribution in [0.4, 0.5) is 8.78 Å². The molecule has 2 nitrogen and oxygen atoms in total. The highest BCUT2D eigenvalue weighted by Gasteiger charge is 2.08. The number of ketones is 1. The van der Waals surface area contributed by atoms with Crippen LogP contribution >= 0.6 is 0 Å². The van der Waals surface area contributed by atoms with E-state index in [0.717, 1.165) is 6.07 Å². The van der Waals surface area contributed by atoms with Crippen molar-refractivity contribution in [3.05, 3.63) is 29.8 Å². The molecule has 1 rings (SSSR count). The molecule has 0 aliphatic heterocycles. The van der Waals surface area contributed by atoms with Crippen LogP contribution in [0.5, 0.6) is 5.75 Å². The van der Waals surface area contributed by atoms with Crippen LogP contribution < -0.4 is 4.74 Å². The SMILES string of the molecule is CCC(=O)CCCOc1cccc(F)c1F. The zero-order valence-corrected chi connectivity index (χ0v) is 9.13. The smallest absolute Gasteiger partial charge is 0.200 e. The zero-order valence-electron chi connectivity index (χ0n) is 9.13. The third kappa shape index (κ3) is 3.61. The van der Waals surface area contributed by atoms with E-state index in [-0.39, 0.29) is 18.1 Å². The number of ether oxygens (including phenoxy) is 1. The van der Waals surface area contributed by atoms with Gasteiger partial charge < -0.3 is 4.74 Å². The number of benzene rings is 1. The van der Waals surface area contributed by atoms with Gasteiger partial charge in [0, 0.05) is 12.8 Å². The highest BCUT2D eigenvalue weighted by Crippen LogP contribution is 2.19. The molecule has 0 bridgehead atoms. The van der Waals surface area contributed by atoms with Gasteiger partial charge in [0.2, 0.25) is 5.82 Å². The first-order valence-corrected chi connectivity index (χ1v) is 5.23. The monoisotopic (exact) mass is 228 g/mol. The van der Waals surface area contributed by atoms with Crippen LogP contribution in [0.1, 0.15) is 26.2 Å². The predicted molar refractivity (Wildman–Crippen MR) is 56.4 cm³/mol. The first-order valence-electron chi connectivity index (χ1n) is 5.23. The van der Waals surface area contributed by atoms with Gasteiger partial charge in [-0.25, -0.2) is 4.39 Å². The van der Waals surface area contributed by atoms with Gasteiger partial charge in [-0.05, 0) is 18.6 Å². The van der Waals surface area contributed by atoms with Crippen LogP contribution in [0, 0.1) is 11.6 Å². The second-order valence-corrected chi connectivity index (χ2v) is 3.40. The van der Waals surface area contributed by atoms with E-state index in [1.807, 2.05) is 0 Å². The molecule has 1 aromatic carbocycles. The number of rotatable bonds is 6. The predicted octanol–water partition coefficient (Wildman–Crippen LogP) is 3.10. The molecule has 4 heteroatoms. The molecule has 0 fully saturated rings. The Bertz CT molecular complexity index is 364. The molecular formula is C12H14F2O2. The van der Waals surface area contributed by atoms with Gasteiger partial charge in [0.05, 0.1) is 6.61 Å². The summed E-state index contributed by atoms with van der Waals surface area (Å²) in [5, 5.41) is 0. The fourth-order valence-electron chi connectivity index (χ4n) is 1.22. The van der Waals surface area contributed by atoms with E-state index < -0.39 is 11.6 Å². The Morgan fingerprint density at radius 2 is 2.12 bits per heavy atom. The van der Waals surface area contributed by atoms with Gasteiger partial charge in [-0.1, -0.05) is 13.0 Å². The maximum absolute atomic E-state index is 13.1. The van der Waals surface area contributed by atoms with E-state index in [2.05, 4.69) is 0 Å². The summed E-state index contributed by atoms with van der Waals surface area (Å²) in [5.74, 6) is -1.88. The topological polar surface area (TPSA) is 26.3 Å². The number of hydrogen-bond acceptors (Lipinski definition) is 2. The van der Waals surface area contributed by atoms with Crippen molar-refractivity contribution in [2.45, 2.75) is 26.2 Å². The van der Waals surface area contributed by atoms with E-state index in [9.17, 15) is 13.6 Å². The van der Waals surface area contributed by atoms with Crippen LogP contribution in [0.2, 0.25) is 0 Å². The highest BCUT2D eigenvalue weighted by atomic mass is 19.2. The van der Waals surface area contributed by atoms with E-state index in [1.54, 1.807) is 6.92 Å². The first kappa shape index (κ1) is 12.6. The molecule has 0 aliphatic rings. The summed E-state index contributed by atoms with van der Waals surface area (Å²) in [7, 11) is 0. The largest absolute Gasteiger partial charge is 0.490 e. The first-order chi connectivity index (χ1) is 7.65. The lowest BCUT2D eigenvalue weighted by atomic mass is 10.2. The normalized spacial score (nSPS) is 10.2. The average Bonchev–Trinajstić information content (AvgIpc) is 2.29. The summed E-state index contributed by atoms with van der Waals surface area (Å²) in [6.45, 7) is 2.00. The summed E-state index contributed by atoms with van der Waals surface area (Å²) in [4.78, 5) is 11.0. The van der Waals surface area contributed by atoms with Gasteiger partial charge in [-0.3, -0.25) is 4.79 Å². The lowest BCUT2D eigenvalue weighted by Crippen LogP contribution is -2.03. The van der Waals surface area contributed by atoms with Crippen LogP contribution in [0.15, 0.2) is 18.2 Å². The Morgan fingerprint density at radius 1 is 1.38 bits per heavy atom. The van der Waals surface area contributed by atoms with Gasteiger partial charge in [0.1, 0.15) is 5.78 Å². The van der Waals surface area contributed by atoms with Gasteiger partial charge in [0.25, 0.3) is 0 Å². The Hall–Kier alpha value is -1.45. The van der Waals surface area contributed by atoms with Crippen molar-refractivity contribution in [3.63, 3.8) is 0 Å². The minimum atomic E-state index is -0.982. The number of carbonyl (C=O) groups excluding carboxylic acids is 1. The van der Waals surface area contributed by atoms with Crippen LogP contribution in [-0.4, -0.2) is 12.4 Å². The molecular weight excluding hydrogens is 214 g/mol. The Balaban J connectivity index is 2.38. The summed E-state index contributed by atoms with van der Waals surface area (Å²) in [6, 6.07) is 3.77. The minimum Gasteiger partial charge on any atom is -0.490 e. The molecule has 0 aromatic heterocycles. The van der Waals surface area contributed by atoms with Crippen LogP contribution in [0.3, 0.4) is 0 Å². The van der Waals surface area contributed by atoms with Crippen molar-refractivity contribution >= 4 is 5.78 Å². The Morgan fingerprint density at radius 3 is 2.81 bits per heavy atom. The molecule has 16 heavy (non-hydrogen) atoms. The molecule has 0 unspecified atom stereocenters. The quantitative estimate of drug-likeness (QED) is 0.699. The van der Waals surface area contributed by atoms with Crippen LogP contribution in [0.25, 0.3) is 0 Å². The summed E-state index contributed by atoms with van der Waals surface area (Å²) in [5.41, 5.74) is 0. The minimum absolute atomic E-state index is 0.107. The molecule has 0 saturated heterocycles. The fourth-order valence-corrected chi connectivity index (χ4v) is 1.22. The zero-order chi connectivity index (χ0) is 12.0. The standard InChI is InChI=1S/C12H14F2O2/c1-2-9(15)5-4-8-16-11-7-3-6-10(13)12(11)14/h3,6-7H,2,4-5,8H2,1H3. The Kier molecular flexibility index (Phi) is 4.89. The maximum Gasteiger partial charge on any atom is 0.200 e. The number of hydrogen-bond donors (Lipinski definition) is 0. The summed E-state index contributed by atoms with van der Waals surface area (Å²) >= 11 is 0. The van der Waals surface area contributed by atoms with Gasteiger partial charge >= 0.3 is 0 Å². The van der Waals surface area contributed by atoms with Crippen molar-refractivity contribution in [2.24, 2.45) is 0 Å². The van der Waals surface area contributed by atoms with Crippen molar-refractivity contribution in [1.29, 1.82) is 0 Å². The van der Waals surface area contributed by atoms with Crippen molar-refractivity contribution in [2.75, 3.05) is 6.61 Å². The molecule has 0 amide bonds. The van der Waals surface area contributed by atoms with Crippen molar-refractivity contribution in [1.82, 2.24) is 0 Å². The highest BCUT2D eigenvalue weighted by molar-refractivity contribution is 5.77. The van der Waals surface area contributed by atoms with Gasteiger partial charge in [-0.2, -0.15) is 4.39 Å². The Labute approximate surface area is 93.2 Å². The molecule has 1 aromatic rings. The molecule has 88 valence electrons. The van der Waals surface area contributed by atoms with Crippen LogP contribution in [-0.2, 0) is 4.79 Å². The second-order valence-electron chi connectivity index (χ2n) is 3.40.